The van der Waals surface area contributed by atoms with Gasteiger partial charge in [0.25, 0.3) is 0 Å². The van der Waals surface area contributed by atoms with E-state index in [1.807, 2.05) is 20.9 Å². The van der Waals surface area contributed by atoms with Crippen LogP contribution >= 0.6 is 0 Å². The molecule has 21 heavy (non-hydrogen) atoms. The van der Waals surface area contributed by atoms with Gasteiger partial charge in [0, 0.05) is 6.07 Å². The highest BCUT2D eigenvalue weighted by molar-refractivity contribution is 5.33. The smallest absolute Gasteiger partial charge is 0.126 e. The quantitative estimate of drug-likeness (QED) is 0.891. The summed E-state index contributed by atoms with van der Waals surface area (Å²) in [6, 6.07) is 13.0. The van der Waals surface area contributed by atoms with E-state index in [2.05, 4.69) is 36.5 Å². The van der Waals surface area contributed by atoms with E-state index in [0.29, 0.717) is 5.75 Å². The molecule has 1 N–H and O–H groups in total. The van der Waals surface area contributed by atoms with Crippen LogP contribution in [0.5, 0.6) is 5.75 Å². The Morgan fingerprint density at radius 2 is 1.71 bits per heavy atom. The molecule has 0 amide bonds. The minimum absolute atomic E-state index is 0.0493. The van der Waals surface area contributed by atoms with Gasteiger partial charge in [-0.05, 0) is 45.0 Å². The molecule has 2 nitrogen and oxygen atoms in total. The molecule has 0 saturated carbocycles. The van der Waals surface area contributed by atoms with Crippen molar-refractivity contribution in [2.24, 2.45) is 0 Å². The molecule has 0 radical (unpaired) electrons. The molecular weight excluding hydrogens is 265 g/mol. The van der Waals surface area contributed by atoms with Gasteiger partial charge in [-0.25, -0.2) is 4.39 Å². The zero-order valence-electron chi connectivity index (χ0n) is 13.0. The van der Waals surface area contributed by atoms with Crippen molar-refractivity contribution in [3.63, 3.8) is 0 Å². The summed E-state index contributed by atoms with van der Waals surface area (Å²) < 4.78 is 19.3. The summed E-state index contributed by atoms with van der Waals surface area (Å²) in [5.74, 6) is 0.314. The van der Waals surface area contributed by atoms with Crippen LogP contribution in [0.25, 0.3) is 0 Å². The van der Waals surface area contributed by atoms with Gasteiger partial charge in [-0.3, -0.25) is 0 Å². The topological polar surface area (TPSA) is 21.3 Å². The Morgan fingerprint density at radius 1 is 1.05 bits per heavy atom. The van der Waals surface area contributed by atoms with Crippen LogP contribution in [0.1, 0.15) is 29.7 Å². The molecule has 2 unspecified atom stereocenters. The van der Waals surface area contributed by atoms with Gasteiger partial charge in [-0.2, -0.15) is 0 Å². The lowest BCUT2D eigenvalue weighted by Gasteiger charge is -2.26. The minimum Gasteiger partial charge on any atom is -0.488 e. The lowest BCUT2D eigenvalue weighted by molar-refractivity contribution is 0.173. The van der Waals surface area contributed by atoms with Crippen LogP contribution in [0, 0.1) is 19.7 Å². The number of benzene rings is 2. The number of nitrogens with one attached hydrogen (secondary N) is 1. The van der Waals surface area contributed by atoms with Gasteiger partial charge in [0.2, 0.25) is 0 Å². The van der Waals surface area contributed by atoms with Crippen molar-refractivity contribution in [3.8, 4) is 5.75 Å². The predicted molar refractivity (Wildman–Crippen MR) is 84.2 cm³/mol. The normalized spacial score (nSPS) is 13.8. The van der Waals surface area contributed by atoms with E-state index in [0.717, 1.165) is 11.1 Å². The molecule has 0 fully saturated rings. The molecular formula is C18H22FNO. The lowest BCUT2D eigenvalue weighted by Crippen LogP contribution is -2.31. The maximum atomic E-state index is 13.4. The Balaban J connectivity index is 2.18. The highest BCUT2D eigenvalue weighted by atomic mass is 19.1. The van der Waals surface area contributed by atoms with Gasteiger partial charge in [0.15, 0.2) is 0 Å². The third kappa shape index (κ3) is 3.82. The van der Waals surface area contributed by atoms with E-state index in [9.17, 15) is 4.39 Å². The molecule has 3 heteroatoms. The third-order valence-electron chi connectivity index (χ3n) is 3.68. The SMILES string of the molecule is CNC(c1ccc(C)cc1)C(C)Oc1cc(F)ccc1C. The number of halogens is 1. The summed E-state index contributed by atoms with van der Waals surface area (Å²) in [4.78, 5) is 0. The van der Waals surface area contributed by atoms with E-state index in [1.54, 1.807) is 6.07 Å². The maximum absolute atomic E-state index is 13.4. The molecule has 0 aliphatic heterocycles. The maximum Gasteiger partial charge on any atom is 0.126 e. The van der Waals surface area contributed by atoms with E-state index in [4.69, 9.17) is 4.74 Å². The second kappa shape index (κ2) is 6.72. The van der Waals surface area contributed by atoms with E-state index in [-0.39, 0.29) is 18.0 Å². The van der Waals surface area contributed by atoms with Gasteiger partial charge in [-0.1, -0.05) is 35.9 Å². The standard InChI is InChI=1S/C18H22FNO/c1-12-5-8-15(9-6-12)18(20-4)14(3)21-17-11-16(19)10-7-13(17)2/h5-11,14,18,20H,1-4H3. The van der Waals surface area contributed by atoms with Crippen LogP contribution in [0.3, 0.4) is 0 Å². The average Bonchev–Trinajstić information content (AvgIpc) is 2.46. The molecule has 0 aromatic heterocycles. The fourth-order valence-corrected chi connectivity index (χ4v) is 2.42. The van der Waals surface area contributed by atoms with Crippen LogP contribution in [0.15, 0.2) is 42.5 Å². The summed E-state index contributed by atoms with van der Waals surface area (Å²) in [5, 5.41) is 3.27. The Labute approximate surface area is 126 Å². The highest BCUT2D eigenvalue weighted by Crippen LogP contribution is 2.25. The first-order valence-corrected chi connectivity index (χ1v) is 7.18. The minimum atomic E-state index is -0.279. The monoisotopic (exact) mass is 287 g/mol. The van der Waals surface area contributed by atoms with Crippen molar-refractivity contribution in [2.75, 3.05) is 7.05 Å². The van der Waals surface area contributed by atoms with Crippen molar-refractivity contribution in [1.82, 2.24) is 5.32 Å². The second-order valence-electron chi connectivity index (χ2n) is 5.41. The van der Waals surface area contributed by atoms with Crippen molar-refractivity contribution in [3.05, 3.63) is 65.0 Å². The first-order valence-electron chi connectivity index (χ1n) is 7.18. The van der Waals surface area contributed by atoms with Crippen LogP contribution in [0.2, 0.25) is 0 Å². The first kappa shape index (κ1) is 15.5. The first-order chi connectivity index (χ1) is 10.0. The number of rotatable bonds is 5. The Kier molecular flexibility index (Phi) is 4.97. The molecule has 0 spiro atoms. The van der Waals surface area contributed by atoms with Crippen LogP contribution < -0.4 is 10.1 Å². The number of aryl methyl sites for hydroxylation is 2. The van der Waals surface area contributed by atoms with Crippen LogP contribution in [-0.4, -0.2) is 13.2 Å². The Hall–Kier alpha value is -1.87. The van der Waals surface area contributed by atoms with Gasteiger partial charge in [0.05, 0.1) is 6.04 Å². The van der Waals surface area contributed by atoms with Gasteiger partial charge >= 0.3 is 0 Å². The van der Waals surface area contributed by atoms with Crippen LogP contribution in [-0.2, 0) is 0 Å². The zero-order chi connectivity index (χ0) is 15.4. The number of hydrogen-bond acceptors (Lipinski definition) is 2. The van der Waals surface area contributed by atoms with E-state index < -0.39 is 0 Å². The van der Waals surface area contributed by atoms with Crippen molar-refractivity contribution in [1.29, 1.82) is 0 Å². The zero-order valence-corrected chi connectivity index (χ0v) is 13.0. The van der Waals surface area contributed by atoms with Crippen LogP contribution in [0.4, 0.5) is 4.39 Å². The molecule has 0 heterocycles. The van der Waals surface area contributed by atoms with E-state index in [1.165, 1.54) is 17.7 Å². The molecule has 2 aromatic rings. The molecule has 0 saturated heterocycles. The summed E-state index contributed by atoms with van der Waals surface area (Å²) in [6.07, 6.45) is -0.113. The number of hydrogen-bond donors (Lipinski definition) is 1. The fraction of sp³-hybridized carbons (Fsp3) is 0.333. The predicted octanol–water partition coefficient (Wildman–Crippen LogP) is 4.17. The molecule has 2 atom stereocenters. The molecule has 0 bridgehead atoms. The summed E-state index contributed by atoms with van der Waals surface area (Å²) in [5.41, 5.74) is 3.31. The summed E-state index contributed by atoms with van der Waals surface area (Å²) >= 11 is 0. The fourth-order valence-electron chi connectivity index (χ4n) is 2.42. The highest BCUT2D eigenvalue weighted by Gasteiger charge is 2.20. The molecule has 2 aromatic carbocycles. The summed E-state index contributed by atoms with van der Waals surface area (Å²) in [7, 11) is 1.91. The number of ether oxygens (including phenoxy) is 1. The Bertz CT molecular complexity index is 595. The lowest BCUT2D eigenvalue weighted by atomic mass is 10.0. The second-order valence-corrected chi connectivity index (χ2v) is 5.41. The van der Waals surface area contributed by atoms with Crippen molar-refractivity contribution < 1.29 is 9.13 Å². The number of likely N-dealkylation sites (N-methyl/N-ethyl adjacent to an activating group) is 1. The Morgan fingerprint density at radius 3 is 2.33 bits per heavy atom. The molecule has 0 aliphatic carbocycles. The van der Waals surface area contributed by atoms with Crippen molar-refractivity contribution >= 4 is 0 Å². The van der Waals surface area contributed by atoms with Gasteiger partial charge in [-0.15, -0.1) is 0 Å². The largest absolute Gasteiger partial charge is 0.488 e. The average molecular weight is 287 g/mol. The molecule has 112 valence electrons. The molecule has 2 rings (SSSR count). The third-order valence-corrected chi connectivity index (χ3v) is 3.68. The summed E-state index contributed by atoms with van der Waals surface area (Å²) in [6.45, 7) is 5.97. The van der Waals surface area contributed by atoms with E-state index >= 15 is 0 Å². The van der Waals surface area contributed by atoms with Gasteiger partial charge < -0.3 is 10.1 Å². The van der Waals surface area contributed by atoms with Gasteiger partial charge in [0.1, 0.15) is 17.7 Å². The van der Waals surface area contributed by atoms with Crippen molar-refractivity contribution in [2.45, 2.75) is 32.9 Å². The molecule has 0 aliphatic rings.